The molecule has 88 valence electrons. The highest BCUT2D eigenvalue weighted by Crippen LogP contribution is 2.31. The molecule has 0 aromatic carbocycles. The van der Waals surface area contributed by atoms with E-state index < -0.39 is 17.4 Å². The molecule has 0 heterocycles. The summed E-state index contributed by atoms with van der Waals surface area (Å²) in [7, 11) is 0. The molecule has 0 aromatic rings. The van der Waals surface area contributed by atoms with Crippen molar-refractivity contribution in [3.05, 3.63) is 0 Å². The van der Waals surface area contributed by atoms with E-state index >= 15 is 0 Å². The van der Waals surface area contributed by atoms with Gasteiger partial charge in [-0.1, -0.05) is 33.1 Å². The number of hydrogen-bond donors (Lipinski definition) is 2. The minimum absolute atomic E-state index is 0.348. The lowest BCUT2D eigenvalue weighted by molar-refractivity contribution is -0.167. The first-order chi connectivity index (χ1) is 6.87. The number of rotatable bonds is 7. The lowest BCUT2D eigenvalue weighted by Gasteiger charge is -2.26. The number of carboxylic acid groups (broad SMARTS) is 2. The van der Waals surface area contributed by atoms with Crippen LogP contribution in [0.5, 0.6) is 0 Å². The van der Waals surface area contributed by atoms with Gasteiger partial charge in [-0.3, -0.25) is 9.59 Å². The maximum atomic E-state index is 11.0. The summed E-state index contributed by atoms with van der Waals surface area (Å²) in [6.07, 6.45) is 3.58. The zero-order valence-corrected chi connectivity index (χ0v) is 9.62. The predicted octanol–water partition coefficient (Wildman–Crippen LogP) is 2.38. The van der Waals surface area contributed by atoms with Crippen LogP contribution < -0.4 is 0 Å². The molecule has 1 unspecified atom stereocenters. The summed E-state index contributed by atoms with van der Waals surface area (Å²) < 4.78 is 0. The molecule has 0 aliphatic carbocycles. The van der Waals surface area contributed by atoms with Gasteiger partial charge in [0.15, 0.2) is 5.41 Å². The molecule has 0 saturated heterocycles. The van der Waals surface area contributed by atoms with Gasteiger partial charge >= 0.3 is 11.9 Å². The largest absolute Gasteiger partial charge is 0.480 e. The highest BCUT2D eigenvalue weighted by Gasteiger charge is 2.46. The van der Waals surface area contributed by atoms with Gasteiger partial charge in [-0.2, -0.15) is 0 Å². The Labute approximate surface area is 90.3 Å². The van der Waals surface area contributed by atoms with Gasteiger partial charge in [0.25, 0.3) is 0 Å². The molecule has 0 radical (unpaired) electrons. The number of aliphatic carboxylic acids is 2. The van der Waals surface area contributed by atoms with Crippen LogP contribution >= 0.6 is 0 Å². The van der Waals surface area contributed by atoms with E-state index in [-0.39, 0.29) is 5.92 Å². The van der Waals surface area contributed by atoms with E-state index in [1.165, 1.54) is 6.92 Å². The molecule has 4 nitrogen and oxygen atoms in total. The third kappa shape index (κ3) is 3.22. The van der Waals surface area contributed by atoms with E-state index in [4.69, 9.17) is 10.2 Å². The van der Waals surface area contributed by atoms with Crippen molar-refractivity contribution in [2.45, 2.75) is 46.5 Å². The van der Waals surface area contributed by atoms with Gasteiger partial charge in [0.05, 0.1) is 0 Å². The summed E-state index contributed by atoms with van der Waals surface area (Å²) >= 11 is 0. The van der Waals surface area contributed by atoms with Crippen molar-refractivity contribution in [1.82, 2.24) is 0 Å². The van der Waals surface area contributed by atoms with Crippen molar-refractivity contribution in [2.24, 2.45) is 11.3 Å². The van der Waals surface area contributed by atoms with Crippen molar-refractivity contribution in [3.63, 3.8) is 0 Å². The Hall–Kier alpha value is -1.06. The predicted molar refractivity (Wildman–Crippen MR) is 56.7 cm³/mol. The minimum atomic E-state index is -1.66. The van der Waals surface area contributed by atoms with Gasteiger partial charge in [-0.25, -0.2) is 0 Å². The van der Waals surface area contributed by atoms with E-state index in [0.29, 0.717) is 6.42 Å². The monoisotopic (exact) mass is 216 g/mol. The van der Waals surface area contributed by atoms with Crippen molar-refractivity contribution in [1.29, 1.82) is 0 Å². The van der Waals surface area contributed by atoms with E-state index in [9.17, 15) is 9.59 Å². The molecule has 0 aliphatic rings. The Morgan fingerprint density at radius 2 is 1.67 bits per heavy atom. The highest BCUT2D eigenvalue weighted by atomic mass is 16.4. The molecular weight excluding hydrogens is 196 g/mol. The molecule has 0 saturated carbocycles. The Morgan fingerprint density at radius 1 is 1.20 bits per heavy atom. The summed E-state index contributed by atoms with van der Waals surface area (Å²) in [4.78, 5) is 21.9. The fourth-order valence-electron chi connectivity index (χ4n) is 1.50. The Morgan fingerprint density at radius 3 is 2.00 bits per heavy atom. The summed E-state index contributed by atoms with van der Waals surface area (Å²) in [5.41, 5.74) is -1.66. The van der Waals surface area contributed by atoms with E-state index in [1.54, 1.807) is 6.92 Å². The van der Waals surface area contributed by atoms with Crippen molar-refractivity contribution < 1.29 is 19.8 Å². The van der Waals surface area contributed by atoms with Crippen LogP contribution in [-0.2, 0) is 9.59 Å². The quantitative estimate of drug-likeness (QED) is 0.506. The first kappa shape index (κ1) is 13.9. The fraction of sp³-hybridized carbons (Fsp3) is 0.818. The van der Waals surface area contributed by atoms with Crippen LogP contribution in [0.4, 0.5) is 0 Å². The van der Waals surface area contributed by atoms with Crippen LogP contribution in [0.25, 0.3) is 0 Å². The zero-order chi connectivity index (χ0) is 12.1. The number of carboxylic acids is 2. The minimum Gasteiger partial charge on any atom is -0.480 e. The van der Waals surface area contributed by atoms with E-state index in [1.807, 2.05) is 0 Å². The first-order valence-electron chi connectivity index (χ1n) is 5.34. The lowest BCUT2D eigenvalue weighted by Crippen LogP contribution is -2.42. The summed E-state index contributed by atoms with van der Waals surface area (Å²) in [6.45, 7) is 5.03. The maximum absolute atomic E-state index is 11.0. The Kier molecular flexibility index (Phi) is 5.33. The molecule has 2 N–H and O–H groups in total. The zero-order valence-electron chi connectivity index (χ0n) is 9.62. The van der Waals surface area contributed by atoms with Crippen molar-refractivity contribution in [3.8, 4) is 0 Å². The summed E-state index contributed by atoms with van der Waals surface area (Å²) in [5, 5.41) is 17.9. The second kappa shape index (κ2) is 5.73. The third-order valence-corrected chi connectivity index (χ3v) is 3.11. The number of hydrogen-bond acceptors (Lipinski definition) is 2. The molecule has 0 aromatic heterocycles. The molecule has 0 spiro atoms. The van der Waals surface area contributed by atoms with Gasteiger partial charge in [0.2, 0.25) is 0 Å². The molecule has 0 amide bonds. The molecule has 15 heavy (non-hydrogen) atoms. The first-order valence-corrected chi connectivity index (χ1v) is 5.34. The van der Waals surface area contributed by atoms with Crippen LogP contribution in [0.1, 0.15) is 46.5 Å². The standard InChI is InChI=1S/C11H20O4/c1-4-5-6-7-8(2)11(3,9(12)13)10(14)15/h8H,4-7H2,1-3H3,(H,12,13)(H,14,15). The average Bonchev–Trinajstić information content (AvgIpc) is 2.15. The Balaban J connectivity index is 4.50. The van der Waals surface area contributed by atoms with E-state index in [0.717, 1.165) is 19.3 Å². The second-order valence-electron chi connectivity index (χ2n) is 4.21. The van der Waals surface area contributed by atoms with Crippen LogP contribution in [0.15, 0.2) is 0 Å². The van der Waals surface area contributed by atoms with Gasteiger partial charge in [-0.05, 0) is 19.3 Å². The molecule has 0 aliphatic heterocycles. The summed E-state index contributed by atoms with van der Waals surface area (Å²) in [5.74, 6) is -2.85. The molecule has 4 heteroatoms. The molecule has 1 atom stereocenters. The van der Waals surface area contributed by atoms with Gasteiger partial charge < -0.3 is 10.2 Å². The number of unbranched alkanes of at least 4 members (excludes halogenated alkanes) is 2. The van der Waals surface area contributed by atoms with Crippen LogP contribution in [0.3, 0.4) is 0 Å². The van der Waals surface area contributed by atoms with Crippen LogP contribution in [0.2, 0.25) is 0 Å². The molecule has 0 bridgehead atoms. The summed E-state index contributed by atoms with van der Waals surface area (Å²) in [6, 6.07) is 0. The van der Waals surface area contributed by atoms with Crippen molar-refractivity contribution in [2.75, 3.05) is 0 Å². The second-order valence-corrected chi connectivity index (χ2v) is 4.21. The van der Waals surface area contributed by atoms with E-state index in [2.05, 4.69) is 6.92 Å². The van der Waals surface area contributed by atoms with Gasteiger partial charge in [0, 0.05) is 0 Å². The molecule has 0 fully saturated rings. The molecule has 0 rings (SSSR count). The highest BCUT2D eigenvalue weighted by molar-refractivity contribution is 5.98. The average molecular weight is 216 g/mol. The maximum Gasteiger partial charge on any atom is 0.321 e. The lowest BCUT2D eigenvalue weighted by atomic mass is 9.75. The van der Waals surface area contributed by atoms with Gasteiger partial charge in [-0.15, -0.1) is 0 Å². The Bertz CT molecular complexity index is 221. The third-order valence-electron chi connectivity index (χ3n) is 3.11. The fourth-order valence-corrected chi connectivity index (χ4v) is 1.50. The van der Waals surface area contributed by atoms with Crippen molar-refractivity contribution >= 4 is 11.9 Å². The smallest absolute Gasteiger partial charge is 0.321 e. The van der Waals surface area contributed by atoms with Gasteiger partial charge in [0.1, 0.15) is 0 Å². The normalized spacial score (nSPS) is 13.5. The molecular formula is C11H20O4. The topological polar surface area (TPSA) is 74.6 Å². The van der Waals surface area contributed by atoms with Crippen LogP contribution in [-0.4, -0.2) is 22.2 Å². The SMILES string of the molecule is CCCCCC(C)C(C)(C(=O)O)C(=O)O. The van der Waals surface area contributed by atoms with Crippen LogP contribution in [0, 0.1) is 11.3 Å². The number of carbonyl (C=O) groups is 2.